The molecule has 0 N–H and O–H groups in total. The van der Waals surface area contributed by atoms with E-state index in [-0.39, 0.29) is 11.9 Å². The number of aryl methyl sites for hydroxylation is 1. The van der Waals surface area contributed by atoms with Crippen LogP contribution in [-0.4, -0.2) is 22.5 Å². The first-order valence-electron chi connectivity index (χ1n) is 7.13. The predicted molar refractivity (Wildman–Crippen MR) is 82.3 cm³/mol. The van der Waals surface area contributed by atoms with Gasteiger partial charge in [0, 0.05) is 5.56 Å². The largest absolute Gasteiger partial charge is 0.462 e. The van der Waals surface area contributed by atoms with E-state index in [1.165, 1.54) is 6.33 Å². The molecule has 0 bridgehead atoms. The normalized spacial score (nSPS) is 10.7. The van der Waals surface area contributed by atoms with Crippen LogP contribution in [0.5, 0.6) is 0 Å². The third kappa shape index (κ3) is 3.27. The van der Waals surface area contributed by atoms with Crippen LogP contribution in [0.1, 0.15) is 48.3 Å². The molecule has 1 heterocycles. The Kier molecular flexibility index (Phi) is 4.68. The summed E-state index contributed by atoms with van der Waals surface area (Å²) >= 11 is 0. The number of aromatic nitrogens is 2. The van der Waals surface area contributed by atoms with Crippen LogP contribution in [0.2, 0.25) is 0 Å². The van der Waals surface area contributed by atoms with Gasteiger partial charge in [-0.3, -0.25) is 0 Å². The summed E-state index contributed by atoms with van der Waals surface area (Å²) in [5.74, 6) is -0.242. The van der Waals surface area contributed by atoms with E-state index in [1.54, 1.807) is 6.92 Å². The number of hydrogen-bond acceptors (Lipinski definition) is 4. The van der Waals surface area contributed by atoms with Gasteiger partial charge in [0.2, 0.25) is 0 Å². The minimum Gasteiger partial charge on any atom is -0.462 e. The second-order valence-corrected chi connectivity index (χ2v) is 5.22. The Balaban J connectivity index is 2.62. The van der Waals surface area contributed by atoms with Gasteiger partial charge in [0.05, 0.1) is 18.0 Å². The second-order valence-electron chi connectivity index (χ2n) is 5.22. The lowest BCUT2D eigenvalue weighted by Gasteiger charge is -2.14. The maximum atomic E-state index is 12.3. The van der Waals surface area contributed by atoms with Crippen LogP contribution in [0.3, 0.4) is 0 Å². The maximum absolute atomic E-state index is 12.3. The topological polar surface area (TPSA) is 52.1 Å². The van der Waals surface area contributed by atoms with Crippen molar-refractivity contribution in [3.05, 3.63) is 47.4 Å². The summed E-state index contributed by atoms with van der Waals surface area (Å²) in [6.45, 7) is 8.16. The lowest BCUT2D eigenvalue weighted by atomic mass is 9.98. The SMILES string of the molecule is CCOC(=O)c1c(-c2ccc(C)cc2)ncnc1C(C)C. The highest BCUT2D eigenvalue weighted by molar-refractivity contribution is 5.97. The van der Waals surface area contributed by atoms with Gasteiger partial charge in [0.15, 0.2) is 0 Å². The van der Waals surface area contributed by atoms with Crippen molar-refractivity contribution in [1.82, 2.24) is 9.97 Å². The zero-order valence-corrected chi connectivity index (χ0v) is 12.9. The Morgan fingerprint density at radius 1 is 1.19 bits per heavy atom. The van der Waals surface area contributed by atoms with Crippen LogP contribution in [-0.2, 0) is 4.74 Å². The Morgan fingerprint density at radius 2 is 1.86 bits per heavy atom. The Hall–Kier alpha value is -2.23. The number of rotatable bonds is 4. The summed E-state index contributed by atoms with van der Waals surface area (Å²) in [7, 11) is 0. The smallest absolute Gasteiger partial charge is 0.342 e. The first-order valence-corrected chi connectivity index (χ1v) is 7.13. The van der Waals surface area contributed by atoms with Gasteiger partial charge in [-0.1, -0.05) is 43.7 Å². The van der Waals surface area contributed by atoms with Crippen LogP contribution < -0.4 is 0 Å². The molecule has 0 saturated carbocycles. The molecule has 0 amide bonds. The molecular formula is C17H20N2O2. The highest BCUT2D eigenvalue weighted by Gasteiger charge is 2.22. The molecule has 0 atom stereocenters. The van der Waals surface area contributed by atoms with Crippen molar-refractivity contribution in [2.75, 3.05) is 6.61 Å². The summed E-state index contributed by atoms with van der Waals surface area (Å²) < 4.78 is 5.19. The minimum absolute atomic E-state index is 0.122. The molecule has 110 valence electrons. The fourth-order valence-electron chi connectivity index (χ4n) is 2.17. The van der Waals surface area contributed by atoms with E-state index in [2.05, 4.69) is 9.97 Å². The molecule has 4 nitrogen and oxygen atoms in total. The third-order valence-electron chi connectivity index (χ3n) is 3.23. The van der Waals surface area contributed by atoms with Gasteiger partial charge in [-0.15, -0.1) is 0 Å². The summed E-state index contributed by atoms with van der Waals surface area (Å²) in [6, 6.07) is 7.93. The predicted octanol–water partition coefficient (Wildman–Crippen LogP) is 3.75. The number of ether oxygens (including phenoxy) is 1. The summed E-state index contributed by atoms with van der Waals surface area (Å²) in [6.07, 6.45) is 1.51. The van der Waals surface area contributed by atoms with Gasteiger partial charge in [-0.2, -0.15) is 0 Å². The standard InChI is InChI=1S/C17H20N2O2/c1-5-21-17(20)14-15(11(2)3)18-10-19-16(14)13-8-6-12(4)7-9-13/h6-11H,5H2,1-4H3. The fourth-order valence-corrected chi connectivity index (χ4v) is 2.17. The van der Waals surface area contributed by atoms with Crippen molar-refractivity contribution >= 4 is 5.97 Å². The van der Waals surface area contributed by atoms with Crippen LogP contribution in [0.15, 0.2) is 30.6 Å². The number of nitrogens with zero attached hydrogens (tertiary/aromatic N) is 2. The molecule has 21 heavy (non-hydrogen) atoms. The first kappa shape index (κ1) is 15.2. The van der Waals surface area contributed by atoms with Crippen molar-refractivity contribution in [2.24, 2.45) is 0 Å². The lowest BCUT2D eigenvalue weighted by molar-refractivity contribution is 0.0524. The van der Waals surface area contributed by atoms with E-state index >= 15 is 0 Å². The number of carbonyl (C=O) groups is 1. The number of benzene rings is 1. The van der Waals surface area contributed by atoms with Crippen molar-refractivity contribution in [1.29, 1.82) is 0 Å². The van der Waals surface area contributed by atoms with E-state index in [4.69, 9.17) is 4.74 Å². The van der Waals surface area contributed by atoms with Gasteiger partial charge < -0.3 is 4.74 Å². The molecular weight excluding hydrogens is 264 g/mol. The molecule has 1 aromatic heterocycles. The van der Waals surface area contributed by atoms with Crippen molar-refractivity contribution in [3.63, 3.8) is 0 Å². The molecule has 0 spiro atoms. The molecule has 2 rings (SSSR count). The zero-order valence-electron chi connectivity index (χ0n) is 12.9. The maximum Gasteiger partial charge on any atom is 0.342 e. The molecule has 0 aliphatic rings. The Morgan fingerprint density at radius 3 is 2.43 bits per heavy atom. The third-order valence-corrected chi connectivity index (χ3v) is 3.23. The van der Waals surface area contributed by atoms with Crippen molar-refractivity contribution in [3.8, 4) is 11.3 Å². The van der Waals surface area contributed by atoms with Crippen molar-refractivity contribution in [2.45, 2.75) is 33.6 Å². The van der Waals surface area contributed by atoms with Crippen LogP contribution in [0.25, 0.3) is 11.3 Å². The minimum atomic E-state index is -0.364. The Bertz CT molecular complexity index is 634. The van der Waals surface area contributed by atoms with Gasteiger partial charge in [0.25, 0.3) is 0 Å². The van der Waals surface area contributed by atoms with Crippen molar-refractivity contribution < 1.29 is 9.53 Å². The molecule has 0 aliphatic heterocycles. The molecule has 0 aliphatic carbocycles. The van der Waals surface area contributed by atoms with Gasteiger partial charge in [-0.05, 0) is 19.8 Å². The van der Waals surface area contributed by atoms with Gasteiger partial charge >= 0.3 is 5.97 Å². The quantitative estimate of drug-likeness (QED) is 0.802. The number of esters is 1. The van der Waals surface area contributed by atoms with Gasteiger partial charge in [0.1, 0.15) is 11.9 Å². The van der Waals surface area contributed by atoms with Crippen LogP contribution >= 0.6 is 0 Å². The molecule has 1 aromatic carbocycles. The molecule has 0 saturated heterocycles. The summed E-state index contributed by atoms with van der Waals surface area (Å²) in [4.78, 5) is 20.9. The monoisotopic (exact) mass is 284 g/mol. The van der Waals surface area contributed by atoms with E-state index in [0.717, 1.165) is 16.8 Å². The first-order chi connectivity index (χ1) is 10.0. The molecule has 2 aromatic rings. The average molecular weight is 284 g/mol. The van der Waals surface area contributed by atoms with E-state index in [0.29, 0.717) is 17.9 Å². The summed E-state index contributed by atoms with van der Waals surface area (Å²) in [5.41, 5.74) is 3.88. The highest BCUT2D eigenvalue weighted by atomic mass is 16.5. The average Bonchev–Trinajstić information content (AvgIpc) is 2.47. The Labute approximate surface area is 125 Å². The summed E-state index contributed by atoms with van der Waals surface area (Å²) in [5, 5.41) is 0. The fraction of sp³-hybridized carbons (Fsp3) is 0.353. The molecule has 0 unspecified atom stereocenters. The number of hydrogen-bond donors (Lipinski definition) is 0. The van der Waals surface area contributed by atoms with Crippen LogP contribution in [0, 0.1) is 6.92 Å². The van der Waals surface area contributed by atoms with E-state index < -0.39 is 0 Å². The number of carbonyl (C=O) groups excluding carboxylic acids is 1. The molecule has 4 heteroatoms. The molecule has 0 radical (unpaired) electrons. The van der Waals surface area contributed by atoms with E-state index in [1.807, 2.05) is 45.0 Å². The second kappa shape index (κ2) is 6.48. The molecule has 0 fully saturated rings. The van der Waals surface area contributed by atoms with Gasteiger partial charge in [-0.25, -0.2) is 14.8 Å². The lowest BCUT2D eigenvalue weighted by Crippen LogP contribution is -2.13. The van der Waals surface area contributed by atoms with Crippen LogP contribution in [0.4, 0.5) is 0 Å². The zero-order chi connectivity index (χ0) is 15.4. The highest BCUT2D eigenvalue weighted by Crippen LogP contribution is 2.27. The van der Waals surface area contributed by atoms with E-state index in [9.17, 15) is 4.79 Å².